The molecule has 6 nitrogen and oxygen atoms in total. The highest BCUT2D eigenvalue weighted by atomic mass is 35.5. The Hall–Kier alpha value is -2.99. The number of imidazole rings is 1. The molecule has 0 aliphatic heterocycles. The summed E-state index contributed by atoms with van der Waals surface area (Å²) in [5.41, 5.74) is 9.30. The lowest BCUT2D eigenvalue weighted by atomic mass is 10.1. The lowest BCUT2D eigenvalue weighted by Crippen LogP contribution is -2.38. The molecule has 0 bridgehead atoms. The van der Waals surface area contributed by atoms with Gasteiger partial charge < -0.3 is 9.88 Å². The Balaban J connectivity index is 1.50. The van der Waals surface area contributed by atoms with Crippen molar-refractivity contribution in [1.29, 1.82) is 0 Å². The van der Waals surface area contributed by atoms with Crippen LogP contribution in [0.1, 0.15) is 16.7 Å². The van der Waals surface area contributed by atoms with Crippen LogP contribution in [-0.2, 0) is 13.1 Å². The van der Waals surface area contributed by atoms with Gasteiger partial charge in [0, 0.05) is 30.5 Å². The number of amides is 2. The maximum atomic E-state index is 12.0. The van der Waals surface area contributed by atoms with Crippen molar-refractivity contribution in [1.82, 2.24) is 20.3 Å². The van der Waals surface area contributed by atoms with Crippen molar-refractivity contribution in [3.8, 4) is 0 Å². The molecular weight excluding hydrogens is 350 g/mol. The number of hydrazine groups is 1. The van der Waals surface area contributed by atoms with Gasteiger partial charge in [0.1, 0.15) is 0 Å². The number of nitrogens with one attached hydrogen (secondary N) is 3. The molecular formula is C19H20ClN5O. The van der Waals surface area contributed by atoms with Gasteiger partial charge in [-0.1, -0.05) is 41.9 Å². The fourth-order valence-electron chi connectivity index (χ4n) is 2.52. The van der Waals surface area contributed by atoms with Crippen molar-refractivity contribution < 1.29 is 4.79 Å². The third-order valence-corrected chi connectivity index (χ3v) is 4.36. The molecule has 1 heterocycles. The zero-order valence-corrected chi connectivity index (χ0v) is 15.1. The topological polar surface area (TPSA) is 71.0 Å². The number of aromatic nitrogens is 2. The largest absolute Gasteiger partial charge is 0.333 e. The zero-order valence-electron chi connectivity index (χ0n) is 14.4. The summed E-state index contributed by atoms with van der Waals surface area (Å²) in [7, 11) is 0. The Morgan fingerprint density at radius 2 is 2.00 bits per heavy atom. The molecule has 2 aromatic carbocycles. The predicted octanol–water partition coefficient (Wildman–Crippen LogP) is 3.72. The van der Waals surface area contributed by atoms with Crippen LogP contribution in [-0.4, -0.2) is 15.6 Å². The van der Waals surface area contributed by atoms with Gasteiger partial charge in [-0.25, -0.2) is 9.78 Å². The molecule has 1 aromatic heterocycles. The Bertz CT molecular complexity index is 879. The van der Waals surface area contributed by atoms with E-state index >= 15 is 0 Å². The van der Waals surface area contributed by atoms with Crippen LogP contribution in [0.4, 0.5) is 10.5 Å². The van der Waals surface area contributed by atoms with Crippen molar-refractivity contribution in [2.75, 3.05) is 5.43 Å². The Labute approximate surface area is 157 Å². The van der Waals surface area contributed by atoms with E-state index in [0.717, 1.165) is 28.9 Å². The van der Waals surface area contributed by atoms with Crippen LogP contribution in [0.15, 0.2) is 61.2 Å². The maximum Gasteiger partial charge on any atom is 0.333 e. The molecule has 0 aliphatic carbocycles. The van der Waals surface area contributed by atoms with Gasteiger partial charge >= 0.3 is 6.03 Å². The van der Waals surface area contributed by atoms with E-state index < -0.39 is 0 Å². The average molecular weight is 370 g/mol. The average Bonchev–Trinajstić information content (AvgIpc) is 3.14. The number of carbonyl (C=O) groups excluding carboxylic acids is 1. The number of benzene rings is 2. The van der Waals surface area contributed by atoms with E-state index in [1.54, 1.807) is 18.6 Å². The number of halogens is 1. The molecule has 2 amide bonds. The molecule has 0 radical (unpaired) electrons. The van der Waals surface area contributed by atoms with Crippen molar-refractivity contribution in [2.45, 2.75) is 20.0 Å². The Kier molecular flexibility index (Phi) is 5.76. The van der Waals surface area contributed by atoms with Crippen molar-refractivity contribution in [3.63, 3.8) is 0 Å². The molecule has 0 saturated heterocycles. The van der Waals surface area contributed by atoms with Crippen LogP contribution < -0.4 is 16.2 Å². The van der Waals surface area contributed by atoms with Crippen LogP contribution in [0.3, 0.4) is 0 Å². The highest BCUT2D eigenvalue weighted by Gasteiger charge is 2.04. The smallest absolute Gasteiger partial charge is 0.333 e. The van der Waals surface area contributed by atoms with Gasteiger partial charge in [-0.2, -0.15) is 0 Å². The molecule has 0 spiro atoms. The molecule has 0 unspecified atom stereocenters. The number of rotatable bonds is 6. The van der Waals surface area contributed by atoms with Crippen LogP contribution in [0, 0.1) is 6.92 Å². The third-order valence-electron chi connectivity index (χ3n) is 3.95. The van der Waals surface area contributed by atoms with E-state index in [4.69, 9.17) is 11.6 Å². The minimum Gasteiger partial charge on any atom is -0.333 e. The van der Waals surface area contributed by atoms with E-state index in [9.17, 15) is 4.79 Å². The van der Waals surface area contributed by atoms with Crippen molar-refractivity contribution in [2.24, 2.45) is 0 Å². The number of hydrogen-bond acceptors (Lipinski definition) is 3. The zero-order chi connectivity index (χ0) is 18.4. The Morgan fingerprint density at radius 1 is 1.19 bits per heavy atom. The number of carbonyl (C=O) groups is 1. The monoisotopic (exact) mass is 369 g/mol. The summed E-state index contributed by atoms with van der Waals surface area (Å²) in [4.78, 5) is 16.0. The first kappa shape index (κ1) is 17.8. The van der Waals surface area contributed by atoms with Crippen LogP contribution in [0.5, 0.6) is 0 Å². The minimum atomic E-state index is -0.315. The molecule has 134 valence electrons. The van der Waals surface area contributed by atoms with Crippen molar-refractivity contribution in [3.05, 3.63) is 82.9 Å². The molecule has 3 rings (SSSR count). The maximum absolute atomic E-state index is 12.0. The highest BCUT2D eigenvalue weighted by Crippen LogP contribution is 2.22. The van der Waals surface area contributed by atoms with Gasteiger partial charge in [0.15, 0.2) is 0 Å². The summed E-state index contributed by atoms with van der Waals surface area (Å²) in [6, 6.07) is 13.2. The fourth-order valence-corrected chi connectivity index (χ4v) is 2.70. The van der Waals surface area contributed by atoms with Crippen LogP contribution in [0.2, 0.25) is 5.02 Å². The SMILES string of the molecule is Cc1c(Cl)cccc1NNC(=O)NCc1cccc(Cn2ccnc2)c1. The van der Waals surface area contributed by atoms with Gasteiger partial charge in [-0.15, -0.1) is 0 Å². The molecule has 3 aromatic rings. The summed E-state index contributed by atoms with van der Waals surface area (Å²) in [5, 5.41) is 3.47. The van der Waals surface area contributed by atoms with Gasteiger partial charge in [0.2, 0.25) is 0 Å². The quantitative estimate of drug-likeness (QED) is 0.580. The second-order valence-electron chi connectivity index (χ2n) is 5.90. The molecule has 26 heavy (non-hydrogen) atoms. The first-order chi connectivity index (χ1) is 12.6. The first-order valence-electron chi connectivity index (χ1n) is 8.20. The molecule has 0 atom stereocenters. The van der Waals surface area contributed by atoms with E-state index in [2.05, 4.69) is 27.2 Å². The van der Waals surface area contributed by atoms with Gasteiger partial charge in [0.25, 0.3) is 0 Å². The van der Waals surface area contributed by atoms with Crippen LogP contribution >= 0.6 is 11.6 Å². The highest BCUT2D eigenvalue weighted by molar-refractivity contribution is 6.31. The predicted molar refractivity (Wildman–Crippen MR) is 103 cm³/mol. The van der Waals surface area contributed by atoms with E-state index in [-0.39, 0.29) is 6.03 Å². The summed E-state index contributed by atoms with van der Waals surface area (Å²) in [6.07, 6.45) is 5.45. The summed E-state index contributed by atoms with van der Waals surface area (Å²) in [6.45, 7) is 3.06. The normalized spacial score (nSPS) is 10.4. The molecule has 0 aliphatic rings. The third kappa shape index (κ3) is 4.77. The summed E-state index contributed by atoms with van der Waals surface area (Å²) < 4.78 is 2.00. The Morgan fingerprint density at radius 3 is 2.81 bits per heavy atom. The lowest BCUT2D eigenvalue weighted by Gasteiger charge is -2.13. The summed E-state index contributed by atoms with van der Waals surface area (Å²) >= 11 is 6.06. The van der Waals surface area contributed by atoms with Crippen molar-refractivity contribution >= 4 is 23.3 Å². The second-order valence-corrected chi connectivity index (χ2v) is 6.31. The van der Waals surface area contributed by atoms with Gasteiger partial charge in [-0.05, 0) is 35.7 Å². The first-order valence-corrected chi connectivity index (χ1v) is 8.58. The van der Waals surface area contributed by atoms with E-state index in [0.29, 0.717) is 11.6 Å². The van der Waals surface area contributed by atoms with Crippen LogP contribution in [0.25, 0.3) is 0 Å². The molecule has 0 fully saturated rings. The molecule has 0 saturated carbocycles. The lowest BCUT2D eigenvalue weighted by molar-refractivity contribution is 0.242. The van der Waals surface area contributed by atoms with Gasteiger partial charge in [0.05, 0.1) is 12.0 Å². The molecule has 7 heteroatoms. The standard InChI is InChI=1S/C19H20ClN5O/c1-14-17(20)6-3-7-18(14)23-24-19(26)22-11-15-4-2-5-16(10-15)12-25-9-8-21-13-25/h2-10,13,23H,11-12H2,1H3,(H2,22,24,26). The van der Waals surface area contributed by atoms with Gasteiger partial charge in [-0.3, -0.25) is 10.9 Å². The number of anilines is 1. The second kappa shape index (κ2) is 8.40. The summed E-state index contributed by atoms with van der Waals surface area (Å²) in [5.74, 6) is 0. The van der Waals surface area contributed by atoms with E-state index in [1.165, 1.54) is 0 Å². The fraction of sp³-hybridized carbons (Fsp3) is 0.158. The number of hydrogen-bond donors (Lipinski definition) is 3. The minimum absolute atomic E-state index is 0.315. The number of nitrogens with zero attached hydrogens (tertiary/aromatic N) is 2. The molecule has 3 N–H and O–H groups in total. The number of urea groups is 1. The van der Waals surface area contributed by atoms with E-state index in [1.807, 2.05) is 48.0 Å².